The average molecular weight is 390 g/mol. The second kappa shape index (κ2) is 8.09. The Morgan fingerprint density at radius 3 is 2.56 bits per heavy atom. The minimum atomic E-state index is -0.727. The number of likely N-dealkylation sites (N-methyl/N-ethyl adjacent to an activating group) is 1. The second-order valence-electron chi connectivity index (χ2n) is 6.86. The summed E-state index contributed by atoms with van der Waals surface area (Å²) in [5.74, 6) is -1.17. The van der Waals surface area contributed by atoms with Crippen LogP contribution in [0.1, 0.15) is 30.4 Å². The first-order chi connectivity index (χ1) is 12.9. The first kappa shape index (κ1) is 19.4. The van der Waals surface area contributed by atoms with E-state index >= 15 is 0 Å². The SMILES string of the molecule is CN(Cc1ccccc1F)C(=O)COC(=O)C1(c2cccc(Cl)c2)CCC1. The molecule has 0 unspecified atom stereocenters. The molecule has 2 aromatic rings. The topological polar surface area (TPSA) is 46.6 Å². The normalized spacial score (nSPS) is 14.9. The fourth-order valence-corrected chi connectivity index (χ4v) is 3.46. The van der Waals surface area contributed by atoms with Gasteiger partial charge >= 0.3 is 5.97 Å². The Morgan fingerprint density at radius 2 is 1.93 bits per heavy atom. The highest BCUT2D eigenvalue weighted by Crippen LogP contribution is 2.45. The molecule has 0 aliphatic heterocycles. The molecule has 0 aromatic heterocycles. The van der Waals surface area contributed by atoms with Crippen molar-refractivity contribution >= 4 is 23.5 Å². The maximum Gasteiger partial charge on any atom is 0.317 e. The molecule has 1 amide bonds. The summed E-state index contributed by atoms with van der Waals surface area (Å²) in [6.45, 7) is -0.255. The van der Waals surface area contributed by atoms with E-state index in [9.17, 15) is 14.0 Å². The predicted octanol–water partition coefficient (Wildman–Crippen LogP) is 4.10. The van der Waals surface area contributed by atoms with Crippen LogP contribution < -0.4 is 0 Å². The number of amides is 1. The number of rotatable bonds is 6. The lowest BCUT2D eigenvalue weighted by Gasteiger charge is -2.39. The molecule has 4 nitrogen and oxygen atoms in total. The molecule has 1 aliphatic rings. The molecule has 0 bridgehead atoms. The smallest absolute Gasteiger partial charge is 0.317 e. The monoisotopic (exact) mass is 389 g/mol. The lowest BCUT2D eigenvalue weighted by atomic mass is 9.64. The van der Waals surface area contributed by atoms with Crippen molar-refractivity contribution in [1.82, 2.24) is 4.90 Å². The first-order valence-electron chi connectivity index (χ1n) is 8.83. The van der Waals surface area contributed by atoms with E-state index in [0.29, 0.717) is 23.4 Å². The third-order valence-electron chi connectivity index (χ3n) is 5.09. The van der Waals surface area contributed by atoms with Crippen molar-refractivity contribution in [3.8, 4) is 0 Å². The van der Waals surface area contributed by atoms with Crippen LogP contribution in [0.5, 0.6) is 0 Å². The van der Waals surface area contributed by atoms with E-state index in [1.54, 1.807) is 43.4 Å². The molecule has 0 radical (unpaired) electrons. The van der Waals surface area contributed by atoms with Crippen molar-refractivity contribution in [3.05, 3.63) is 70.5 Å². The largest absolute Gasteiger partial charge is 0.455 e. The number of carbonyl (C=O) groups is 2. The second-order valence-corrected chi connectivity index (χ2v) is 7.30. The molecule has 0 spiro atoms. The first-order valence-corrected chi connectivity index (χ1v) is 9.21. The van der Waals surface area contributed by atoms with E-state index in [2.05, 4.69) is 0 Å². The lowest BCUT2D eigenvalue weighted by molar-refractivity contribution is -0.160. The van der Waals surface area contributed by atoms with Crippen LogP contribution in [-0.2, 0) is 26.3 Å². The summed E-state index contributed by atoms with van der Waals surface area (Å²) in [5, 5.41) is 0.562. The summed E-state index contributed by atoms with van der Waals surface area (Å²) >= 11 is 6.05. The lowest BCUT2D eigenvalue weighted by Crippen LogP contribution is -2.45. The van der Waals surface area contributed by atoms with Crippen LogP contribution in [0.25, 0.3) is 0 Å². The zero-order valence-corrected chi connectivity index (χ0v) is 15.8. The van der Waals surface area contributed by atoms with Gasteiger partial charge in [0.15, 0.2) is 6.61 Å². The van der Waals surface area contributed by atoms with Crippen molar-refractivity contribution in [3.63, 3.8) is 0 Å². The van der Waals surface area contributed by atoms with Gasteiger partial charge in [0.25, 0.3) is 5.91 Å². The Morgan fingerprint density at radius 1 is 1.19 bits per heavy atom. The maximum absolute atomic E-state index is 13.7. The number of halogens is 2. The molecule has 0 saturated heterocycles. The Balaban J connectivity index is 1.61. The molecule has 3 rings (SSSR count). The van der Waals surface area contributed by atoms with Crippen molar-refractivity contribution < 1.29 is 18.7 Å². The number of ether oxygens (including phenoxy) is 1. The number of carbonyl (C=O) groups excluding carboxylic acids is 2. The van der Waals surface area contributed by atoms with E-state index in [4.69, 9.17) is 16.3 Å². The highest BCUT2D eigenvalue weighted by atomic mass is 35.5. The molecule has 142 valence electrons. The zero-order chi connectivity index (χ0) is 19.4. The van der Waals surface area contributed by atoms with Gasteiger partial charge in [0, 0.05) is 24.2 Å². The van der Waals surface area contributed by atoms with Gasteiger partial charge in [-0.3, -0.25) is 9.59 Å². The van der Waals surface area contributed by atoms with Gasteiger partial charge in [-0.05, 0) is 36.6 Å². The van der Waals surface area contributed by atoms with Crippen LogP contribution >= 0.6 is 11.6 Å². The summed E-state index contributed by atoms with van der Waals surface area (Å²) in [6, 6.07) is 13.5. The average Bonchev–Trinajstić information content (AvgIpc) is 2.60. The van der Waals surface area contributed by atoms with Crippen molar-refractivity contribution in [1.29, 1.82) is 0 Å². The van der Waals surface area contributed by atoms with Crippen molar-refractivity contribution in [2.75, 3.05) is 13.7 Å². The molecule has 0 heterocycles. The van der Waals surface area contributed by atoms with Crippen molar-refractivity contribution in [2.24, 2.45) is 0 Å². The predicted molar refractivity (Wildman–Crippen MR) is 101 cm³/mol. The van der Waals surface area contributed by atoms with Gasteiger partial charge in [0.2, 0.25) is 0 Å². The highest BCUT2D eigenvalue weighted by Gasteiger charge is 2.47. The minimum absolute atomic E-state index is 0.114. The summed E-state index contributed by atoms with van der Waals surface area (Å²) in [4.78, 5) is 26.3. The fraction of sp³-hybridized carbons (Fsp3) is 0.333. The van der Waals surface area contributed by atoms with Crippen LogP contribution in [0, 0.1) is 5.82 Å². The number of nitrogens with zero attached hydrogens (tertiary/aromatic N) is 1. The van der Waals surface area contributed by atoms with Crippen LogP contribution in [-0.4, -0.2) is 30.4 Å². The summed E-state index contributed by atoms with van der Waals surface area (Å²) in [7, 11) is 1.55. The Bertz CT molecular complexity index is 851. The van der Waals surface area contributed by atoms with Gasteiger partial charge in [-0.1, -0.05) is 48.4 Å². The Hall–Kier alpha value is -2.40. The highest BCUT2D eigenvalue weighted by molar-refractivity contribution is 6.30. The molecular weight excluding hydrogens is 369 g/mol. The van der Waals surface area contributed by atoms with E-state index in [-0.39, 0.29) is 24.9 Å². The van der Waals surface area contributed by atoms with Gasteiger partial charge in [-0.15, -0.1) is 0 Å². The van der Waals surface area contributed by atoms with Crippen LogP contribution in [0.15, 0.2) is 48.5 Å². The van der Waals surface area contributed by atoms with Crippen LogP contribution in [0.4, 0.5) is 4.39 Å². The molecule has 1 aliphatic carbocycles. The van der Waals surface area contributed by atoms with Crippen LogP contribution in [0.3, 0.4) is 0 Å². The minimum Gasteiger partial charge on any atom is -0.455 e. The standard InChI is InChI=1S/C21H21ClFNO3/c1-24(13-15-6-2-3-9-18(15)23)19(25)14-27-20(26)21(10-5-11-21)16-7-4-8-17(22)12-16/h2-4,6-9,12H,5,10-11,13-14H2,1H3. The maximum atomic E-state index is 13.7. The Kier molecular flexibility index (Phi) is 5.80. The molecule has 6 heteroatoms. The quantitative estimate of drug-likeness (QED) is 0.699. The molecule has 0 N–H and O–H groups in total. The fourth-order valence-electron chi connectivity index (χ4n) is 3.27. The van der Waals surface area contributed by atoms with Gasteiger partial charge in [0.05, 0.1) is 5.41 Å². The number of hydrogen-bond donors (Lipinski definition) is 0. The molecular formula is C21H21ClFNO3. The molecule has 1 saturated carbocycles. The third-order valence-corrected chi connectivity index (χ3v) is 5.33. The summed E-state index contributed by atoms with van der Waals surface area (Å²) in [6.07, 6.45) is 2.26. The van der Waals surface area contributed by atoms with Crippen LogP contribution in [0.2, 0.25) is 5.02 Å². The molecule has 0 atom stereocenters. The van der Waals surface area contributed by atoms with Gasteiger partial charge in [-0.2, -0.15) is 0 Å². The van der Waals surface area contributed by atoms with Gasteiger partial charge in [0.1, 0.15) is 5.82 Å². The molecule has 27 heavy (non-hydrogen) atoms. The van der Waals surface area contributed by atoms with E-state index in [1.165, 1.54) is 11.0 Å². The van der Waals surface area contributed by atoms with Gasteiger partial charge in [-0.25, -0.2) is 4.39 Å². The van der Waals surface area contributed by atoms with E-state index in [0.717, 1.165) is 12.0 Å². The summed E-state index contributed by atoms with van der Waals surface area (Å²) < 4.78 is 19.1. The number of esters is 1. The number of hydrogen-bond acceptors (Lipinski definition) is 3. The third kappa shape index (κ3) is 4.14. The molecule has 2 aromatic carbocycles. The summed E-state index contributed by atoms with van der Waals surface area (Å²) in [5.41, 5.74) is 0.502. The Labute approximate surface area is 162 Å². The number of benzene rings is 2. The zero-order valence-electron chi connectivity index (χ0n) is 15.1. The van der Waals surface area contributed by atoms with Crippen molar-refractivity contribution in [2.45, 2.75) is 31.2 Å². The molecule has 1 fully saturated rings. The van der Waals surface area contributed by atoms with Gasteiger partial charge < -0.3 is 9.64 Å². The van der Waals surface area contributed by atoms with E-state index in [1.807, 2.05) is 6.07 Å². The van der Waals surface area contributed by atoms with E-state index < -0.39 is 11.4 Å².